The summed E-state index contributed by atoms with van der Waals surface area (Å²) in [5.41, 5.74) is 9.25. The normalized spacial score (nSPS) is 11.6. The summed E-state index contributed by atoms with van der Waals surface area (Å²) in [6.45, 7) is 0. The van der Waals surface area contributed by atoms with Crippen molar-refractivity contribution in [2.45, 2.75) is 0 Å². The van der Waals surface area contributed by atoms with Crippen molar-refractivity contribution in [3.8, 4) is 45.5 Å². The molecule has 10 rings (SSSR count). The Hall–Kier alpha value is -6.92. The Balaban J connectivity index is 1.25. The van der Waals surface area contributed by atoms with Crippen LogP contribution in [0.3, 0.4) is 0 Å². The highest BCUT2D eigenvalue weighted by molar-refractivity contribution is 6.16. The van der Waals surface area contributed by atoms with E-state index in [1.54, 1.807) is 0 Å². The zero-order chi connectivity index (χ0) is 33.0. The first kappa shape index (κ1) is 28.1. The number of aromatic nitrogens is 6. The number of benzene rings is 6. The standard InChI is InChI=1S/C44H28N6/c1-4-14-29(15-5-1)41-46-42(30-16-6-2-7-17-30)48-44(47-41)50-37-22-12-10-20-34(37)35-25-24-31(28-39(35)50)33-26-27-45-43-40(33)36-21-11-13-23-38(36)49(43)32-18-8-3-9-19-32/h1-28H. The lowest BCUT2D eigenvalue weighted by molar-refractivity contribution is 0.953. The molecule has 0 aliphatic heterocycles. The highest BCUT2D eigenvalue weighted by Crippen LogP contribution is 2.40. The molecule has 50 heavy (non-hydrogen) atoms. The number of nitrogens with zero attached hydrogens (tertiary/aromatic N) is 6. The van der Waals surface area contributed by atoms with Gasteiger partial charge in [-0.25, -0.2) is 9.97 Å². The van der Waals surface area contributed by atoms with E-state index in [1.807, 2.05) is 72.9 Å². The van der Waals surface area contributed by atoms with Gasteiger partial charge in [0.1, 0.15) is 5.65 Å². The quantitative estimate of drug-likeness (QED) is 0.188. The van der Waals surface area contributed by atoms with Gasteiger partial charge in [0.15, 0.2) is 11.6 Å². The number of para-hydroxylation sites is 3. The third-order valence-corrected chi connectivity index (χ3v) is 9.44. The van der Waals surface area contributed by atoms with Crippen molar-refractivity contribution in [3.05, 3.63) is 170 Å². The molecule has 6 aromatic carbocycles. The molecule has 10 aromatic rings. The average molecular weight is 641 g/mol. The number of rotatable bonds is 5. The van der Waals surface area contributed by atoms with Crippen LogP contribution in [0.15, 0.2) is 170 Å². The second-order valence-electron chi connectivity index (χ2n) is 12.3. The molecule has 0 aliphatic rings. The Morgan fingerprint density at radius 1 is 0.400 bits per heavy atom. The van der Waals surface area contributed by atoms with E-state index in [4.69, 9.17) is 19.9 Å². The molecule has 0 spiro atoms. The molecule has 6 heteroatoms. The molecule has 0 fully saturated rings. The van der Waals surface area contributed by atoms with E-state index < -0.39 is 0 Å². The van der Waals surface area contributed by atoms with E-state index >= 15 is 0 Å². The van der Waals surface area contributed by atoms with Crippen LogP contribution < -0.4 is 0 Å². The van der Waals surface area contributed by atoms with Crippen molar-refractivity contribution in [3.63, 3.8) is 0 Å². The van der Waals surface area contributed by atoms with Gasteiger partial charge >= 0.3 is 0 Å². The third kappa shape index (κ3) is 4.43. The Bertz CT molecular complexity index is 2800. The van der Waals surface area contributed by atoms with Gasteiger partial charge in [0.25, 0.3) is 0 Å². The van der Waals surface area contributed by atoms with Crippen molar-refractivity contribution in [1.29, 1.82) is 0 Å². The summed E-state index contributed by atoms with van der Waals surface area (Å²) in [7, 11) is 0. The molecule has 4 heterocycles. The number of fused-ring (bicyclic) bond motifs is 6. The molecule has 0 unspecified atom stereocenters. The summed E-state index contributed by atoms with van der Waals surface area (Å²) in [6, 6.07) is 56.5. The number of hydrogen-bond acceptors (Lipinski definition) is 4. The van der Waals surface area contributed by atoms with Crippen LogP contribution in [0.1, 0.15) is 0 Å². The summed E-state index contributed by atoms with van der Waals surface area (Å²) < 4.78 is 4.44. The van der Waals surface area contributed by atoms with E-state index in [2.05, 4.69) is 106 Å². The maximum absolute atomic E-state index is 5.13. The highest BCUT2D eigenvalue weighted by Gasteiger charge is 2.21. The monoisotopic (exact) mass is 640 g/mol. The zero-order valence-corrected chi connectivity index (χ0v) is 26.8. The molecule has 0 saturated carbocycles. The summed E-state index contributed by atoms with van der Waals surface area (Å²) in [5.74, 6) is 1.82. The van der Waals surface area contributed by atoms with Gasteiger partial charge in [0.05, 0.1) is 16.6 Å². The van der Waals surface area contributed by atoms with Gasteiger partial charge in [0.2, 0.25) is 5.95 Å². The summed E-state index contributed by atoms with van der Waals surface area (Å²) >= 11 is 0. The largest absolute Gasteiger partial charge is 0.294 e. The summed E-state index contributed by atoms with van der Waals surface area (Å²) in [4.78, 5) is 20.2. The Morgan fingerprint density at radius 2 is 0.960 bits per heavy atom. The smallest absolute Gasteiger partial charge is 0.238 e. The first-order valence-corrected chi connectivity index (χ1v) is 16.7. The minimum absolute atomic E-state index is 0.571. The van der Waals surface area contributed by atoms with Gasteiger partial charge in [-0.2, -0.15) is 9.97 Å². The molecule has 0 amide bonds. The summed E-state index contributed by atoms with van der Waals surface area (Å²) in [5, 5.41) is 4.54. The molecule has 0 radical (unpaired) electrons. The fourth-order valence-corrected chi connectivity index (χ4v) is 7.21. The minimum Gasteiger partial charge on any atom is -0.294 e. The van der Waals surface area contributed by atoms with Crippen LogP contribution in [-0.4, -0.2) is 29.1 Å². The van der Waals surface area contributed by atoms with Crippen molar-refractivity contribution in [2.75, 3.05) is 0 Å². The van der Waals surface area contributed by atoms with Crippen molar-refractivity contribution >= 4 is 43.7 Å². The lowest BCUT2D eigenvalue weighted by atomic mass is 10.00. The molecule has 6 nitrogen and oxygen atoms in total. The van der Waals surface area contributed by atoms with Crippen LogP contribution in [0.25, 0.3) is 89.3 Å². The van der Waals surface area contributed by atoms with Crippen LogP contribution in [0, 0.1) is 0 Å². The fourth-order valence-electron chi connectivity index (χ4n) is 7.21. The molecule has 0 bridgehead atoms. The second kappa shape index (κ2) is 11.4. The Kier molecular flexibility index (Phi) is 6.39. The van der Waals surface area contributed by atoms with Gasteiger partial charge < -0.3 is 0 Å². The van der Waals surface area contributed by atoms with E-state index in [-0.39, 0.29) is 0 Å². The summed E-state index contributed by atoms with van der Waals surface area (Å²) in [6.07, 6.45) is 1.92. The lowest BCUT2D eigenvalue weighted by Gasteiger charge is -2.11. The van der Waals surface area contributed by atoms with E-state index in [9.17, 15) is 0 Å². The number of pyridine rings is 1. The van der Waals surface area contributed by atoms with Crippen molar-refractivity contribution in [2.24, 2.45) is 0 Å². The van der Waals surface area contributed by atoms with E-state index in [0.717, 1.165) is 71.7 Å². The first-order chi connectivity index (χ1) is 24.8. The molecule has 0 N–H and O–H groups in total. The predicted molar refractivity (Wildman–Crippen MR) is 203 cm³/mol. The number of hydrogen-bond donors (Lipinski definition) is 0. The molecule has 4 aromatic heterocycles. The molecule has 0 saturated heterocycles. The maximum Gasteiger partial charge on any atom is 0.238 e. The topological polar surface area (TPSA) is 61.4 Å². The first-order valence-electron chi connectivity index (χ1n) is 16.7. The minimum atomic E-state index is 0.571. The van der Waals surface area contributed by atoms with Crippen molar-refractivity contribution < 1.29 is 0 Å². The van der Waals surface area contributed by atoms with E-state index in [1.165, 1.54) is 0 Å². The molecular formula is C44H28N6. The molecule has 0 aliphatic carbocycles. The van der Waals surface area contributed by atoms with Crippen LogP contribution in [-0.2, 0) is 0 Å². The molecule has 234 valence electrons. The van der Waals surface area contributed by atoms with Gasteiger partial charge in [-0.15, -0.1) is 0 Å². The van der Waals surface area contributed by atoms with Crippen LogP contribution >= 0.6 is 0 Å². The van der Waals surface area contributed by atoms with Gasteiger partial charge in [0, 0.05) is 44.6 Å². The van der Waals surface area contributed by atoms with Gasteiger partial charge in [-0.1, -0.05) is 127 Å². The molecule has 0 atom stereocenters. The van der Waals surface area contributed by atoms with E-state index in [0.29, 0.717) is 17.6 Å². The van der Waals surface area contributed by atoms with Crippen molar-refractivity contribution in [1.82, 2.24) is 29.1 Å². The molecular weight excluding hydrogens is 613 g/mol. The Labute approximate surface area is 287 Å². The second-order valence-corrected chi connectivity index (χ2v) is 12.3. The van der Waals surface area contributed by atoms with Crippen LogP contribution in [0.4, 0.5) is 0 Å². The van der Waals surface area contributed by atoms with Gasteiger partial charge in [-0.05, 0) is 47.5 Å². The van der Waals surface area contributed by atoms with Crippen LogP contribution in [0.2, 0.25) is 0 Å². The zero-order valence-electron chi connectivity index (χ0n) is 26.8. The Morgan fingerprint density at radius 3 is 1.64 bits per heavy atom. The van der Waals surface area contributed by atoms with Crippen LogP contribution in [0.5, 0.6) is 0 Å². The lowest BCUT2D eigenvalue weighted by Crippen LogP contribution is -2.06. The SMILES string of the molecule is c1ccc(-c2nc(-c3ccccc3)nc(-n3c4ccccc4c4ccc(-c5ccnc6c5c5ccccc5n6-c5ccccc5)cc43)n2)cc1. The predicted octanol–water partition coefficient (Wildman–Crippen LogP) is 10.5. The fraction of sp³-hybridized carbons (Fsp3) is 0. The highest BCUT2D eigenvalue weighted by atomic mass is 15.2. The van der Waals surface area contributed by atoms with Gasteiger partial charge in [-0.3, -0.25) is 9.13 Å². The maximum atomic E-state index is 5.13. The third-order valence-electron chi connectivity index (χ3n) is 9.44. The average Bonchev–Trinajstić information content (AvgIpc) is 3.71.